The van der Waals surface area contributed by atoms with Crippen molar-refractivity contribution in [1.82, 2.24) is 5.32 Å². The van der Waals surface area contributed by atoms with Gasteiger partial charge in [0.25, 0.3) is 0 Å². The molecule has 2 aromatic rings. The quantitative estimate of drug-likeness (QED) is 0.759. The predicted octanol–water partition coefficient (Wildman–Crippen LogP) is 4.46. The zero-order valence-electron chi connectivity index (χ0n) is 14.6. The van der Waals surface area contributed by atoms with Crippen molar-refractivity contribution < 1.29 is 14.3 Å². The maximum atomic E-state index is 11.9. The van der Waals surface area contributed by atoms with Gasteiger partial charge in [0.15, 0.2) is 5.78 Å². The molecule has 25 heavy (non-hydrogen) atoms. The van der Waals surface area contributed by atoms with Gasteiger partial charge in [0, 0.05) is 18.0 Å². The van der Waals surface area contributed by atoms with Crippen LogP contribution in [-0.2, 0) is 11.3 Å². The van der Waals surface area contributed by atoms with E-state index >= 15 is 0 Å². The number of amides is 1. The minimum Gasteiger partial charge on any atom is -0.445 e. The smallest absolute Gasteiger partial charge is 0.407 e. The van der Waals surface area contributed by atoms with Crippen LogP contribution in [0.5, 0.6) is 0 Å². The van der Waals surface area contributed by atoms with E-state index < -0.39 is 6.09 Å². The van der Waals surface area contributed by atoms with Gasteiger partial charge in [-0.2, -0.15) is 0 Å². The van der Waals surface area contributed by atoms with Crippen molar-refractivity contribution in [2.75, 3.05) is 6.54 Å². The van der Waals surface area contributed by atoms with Gasteiger partial charge >= 0.3 is 6.09 Å². The van der Waals surface area contributed by atoms with Gasteiger partial charge in [-0.25, -0.2) is 4.79 Å². The third-order valence-electron chi connectivity index (χ3n) is 3.61. The molecule has 0 radical (unpaired) electrons. The first-order chi connectivity index (χ1) is 12.1. The fraction of sp³-hybridized carbons (Fsp3) is 0.238. The summed E-state index contributed by atoms with van der Waals surface area (Å²) in [7, 11) is 0. The molecule has 4 heteroatoms. The van der Waals surface area contributed by atoms with E-state index in [-0.39, 0.29) is 18.3 Å². The molecular weight excluding hydrogens is 314 g/mol. The van der Waals surface area contributed by atoms with E-state index in [1.165, 1.54) is 0 Å². The van der Waals surface area contributed by atoms with Crippen molar-refractivity contribution in [2.45, 2.75) is 20.5 Å². The van der Waals surface area contributed by atoms with Crippen molar-refractivity contribution in [3.05, 3.63) is 77.4 Å². The Hall–Kier alpha value is -2.88. The molecular formula is C21H23NO3. The molecule has 2 rings (SSSR count). The summed E-state index contributed by atoms with van der Waals surface area (Å²) < 4.78 is 5.12. The summed E-state index contributed by atoms with van der Waals surface area (Å²) in [6.45, 7) is 4.40. The Labute approximate surface area is 148 Å². The fourth-order valence-electron chi connectivity index (χ4n) is 2.20. The standard InChI is InChI=1S/C21H23NO3/c1-16(2)20(23)19-12-10-17(11-13-19)9-6-14-22-21(24)25-15-18-7-4-3-5-8-18/h3-13,16H,14-15H2,1-2H3,(H,22,24). The maximum Gasteiger partial charge on any atom is 0.407 e. The van der Waals surface area contributed by atoms with Gasteiger partial charge in [-0.05, 0) is 11.1 Å². The average molecular weight is 337 g/mol. The van der Waals surface area contributed by atoms with E-state index in [4.69, 9.17) is 4.74 Å². The summed E-state index contributed by atoms with van der Waals surface area (Å²) in [6.07, 6.45) is 3.27. The second-order valence-electron chi connectivity index (χ2n) is 5.99. The number of hydrogen-bond acceptors (Lipinski definition) is 3. The SMILES string of the molecule is CC(C)C(=O)c1ccc(C=CCNC(=O)OCc2ccccc2)cc1. The molecule has 0 atom stereocenters. The van der Waals surface area contributed by atoms with E-state index in [9.17, 15) is 9.59 Å². The molecule has 1 amide bonds. The molecule has 1 N–H and O–H groups in total. The number of rotatable bonds is 7. The number of carbonyl (C=O) groups excluding carboxylic acids is 2. The molecule has 0 heterocycles. The summed E-state index contributed by atoms with van der Waals surface area (Å²) in [5.74, 6) is 0.130. The highest BCUT2D eigenvalue weighted by Gasteiger charge is 2.09. The molecule has 0 saturated carbocycles. The molecule has 0 fully saturated rings. The van der Waals surface area contributed by atoms with Crippen molar-refractivity contribution in [2.24, 2.45) is 5.92 Å². The number of alkyl carbamates (subject to hydrolysis) is 1. The normalized spacial score (nSPS) is 10.8. The molecule has 0 aliphatic heterocycles. The molecule has 0 aliphatic carbocycles. The fourth-order valence-corrected chi connectivity index (χ4v) is 2.20. The largest absolute Gasteiger partial charge is 0.445 e. The van der Waals surface area contributed by atoms with Gasteiger partial charge in [0.05, 0.1) is 0 Å². The van der Waals surface area contributed by atoms with Gasteiger partial charge < -0.3 is 10.1 Å². The number of nitrogens with one attached hydrogen (secondary N) is 1. The molecule has 0 bridgehead atoms. The Morgan fingerprint density at radius 2 is 1.72 bits per heavy atom. The molecule has 130 valence electrons. The monoisotopic (exact) mass is 337 g/mol. The predicted molar refractivity (Wildman–Crippen MR) is 99.3 cm³/mol. The minimum absolute atomic E-state index is 0.00695. The van der Waals surface area contributed by atoms with Crippen LogP contribution in [0.1, 0.15) is 35.3 Å². The molecule has 0 saturated heterocycles. The van der Waals surface area contributed by atoms with Crippen molar-refractivity contribution >= 4 is 18.0 Å². The minimum atomic E-state index is -0.452. The number of benzene rings is 2. The zero-order valence-corrected chi connectivity index (χ0v) is 14.6. The second-order valence-corrected chi connectivity index (χ2v) is 5.99. The number of ether oxygens (including phenoxy) is 1. The first-order valence-electron chi connectivity index (χ1n) is 8.31. The van der Waals surface area contributed by atoms with Crippen LogP contribution in [0.25, 0.3) is 6.08 Å². The van der Waals surface area contributed by atoms with E-state index in [1.54, 1.807) is 0 Å². The Bertz CT molecular complexity index is 719. The van der Waals surface area contributed by atoms with E-state index in [1.807, 2.05) is 80.6 Å². The van der Waals surface area contributed by atoms with Gasteiger partial charge in [-0.1, -0.05) is 80.6 Å². The van der Waals surface area contributed by atoms with Crippen LogP contribution in [0.15, 0.2) is 60.7 Å². The summed E-state index contributed by atoms with van der Waals surface area (Å²) in [5.41, 5.74) is 2.64. The van der Waals surface area contributed by atoms with Crippen LogP contribution >= 0.6 is 0 Å². The van der Waals surface area contributed by atoms with Crippen LogP contribution in [0, 0.1) is 5.92 Å². The topological polar surface area (TPSA) is 55.4 Å². The maximum absolute atomic E-state index is 11.9. The van der Waals surface area contributed by atoms with Crippen molar-refractivity contribution in [1.29, 1.82) is 0 Å². The number of carbonyl (C=O) groups is 2. The lowest BCUT2D eigenvalue weighted by molar-refractivity contribution is 0.0939. The lowest BCUT2D eigenvalue weighted by Gasteiger charge is -2.05. The highest BCUT2D eigenvalue weighted by Crippen LogP contribution is 2.11. The average Bonchev–Trinajstić information content (AvgIpc) is 2.64. The molecule has 4 nitrogen and oxygen atoms in total. The van der Waals surface area contributed by atoms with Gasteiger partial charge in [0.1, 0.15) is 6.61 Å². The van der Waals surface area contributed by atoms with Crippen LogP contribution < -0.4 is 5.32 Å². The highest BCUT2D eigenvalue weighted by atomic mass is 16.5. The van der Waals surface area contributed by atoms with Crippen molar-refractivity contribution in [3.8, 4) is 0 Å². The van der Waals surface area contributed by atoms with Gasteiger partial charge in [-0.3, -0.25) is 4.79 Å². The Morgan fingerprint density at radius 1 is 1.04 bits per heavy atom. The van der Waals surface area contributed by atoms with E-state index in [0.717, 1.165) is 16.7 Å². The molecule has 2 aromatic carbocycles. The van der Waals surface area contributed by atoms with Crippen LogP contribution in [0.2, 0.25) is 0 Å². The highest BCUT2D eigenvalue weighted by molar-refractivity contribution is 5.97. The number of hydrogen-bond donors (Lipinski definition) is 1. The summed E-state index contributed by atoms with van der Waals surface area (Å²) >= 11 is 0. The van der Waals surface area contributed by atoms with Crippen molar-refractivity contribution in [3.63, 3.8) is 0 Å². The first kappa shape index (κ1) is 18.5. The van der Waals surface area contributed by atoms with Gasteiger partial charge in [-0.15, -0.1) is 0 Å². The first-order valence-corrected chi connectivity index (χ1v) is 8.31. The lowest BCUT2D eigenvalue weighted by Crippen LogP contribution is -2.24. The zero-order chi connectivity index (χ0) is 18.1. The molecule has 0 spiro atoms. The lowest BCUT2D eigenvalue weighted by atomic mass is 10.00. The van der Waals surface area contributed by atoms with E-state index in [2.05, 4.69) is 5.32 Å². The number of Topliss-reactive ketones (excluding diaryl/α,β-unsaturated/α-hetero) is 1. The third kappa shape index (κ3) is 6.26. The van der Waals surface area contributed by atoms with Crippen LogP contribution in [0.4, 0.5) is 4.79 Å². The third-order valence-corrected chi connectivity index (χ3v) is 3.61. The Balaban J connectivity index is 1.73. The summed E-state index contributed by atoms with van der Waals surface area (Å²) in [5, 5.41) is 2.67. The second kappa shape index (κ2) is 9.42. The summed E-state index contributed by atoms with van der Waals surface area (Å²) in [4.78, 5) is 23.5. The molecule has 0 unspecified atom stereocenters. The molecule has 0 aromatic heterocycles. The van der Waals surface area contributed by atoms with E-state index in [0.29, 0.717) is 6.54 Å². The number of ketones is 1. The summed E-state index contributed by atoms with van der Waals surface area (Å²) in [6, 6.07) is 17.0. The Morgan fingerprint density at radius 3 is 2.36 bits per heavy atom. The van der Waals surface area contributed by atoms with Gasteiger partial charge in [0.2, 0.25) is 0 Å². The van der Waals surface area contributed by atoms with Crippen LogP contribution in [-0.4, -0.2) is 18.4 Å². The van der Waals surface area contributed by atoms with Crippen LogP contribution in [0.3, 0.4) is 0 Å². The Kier molecular flexibility index (Phi) is 6.96. The molecule has 0 aliphatic rings.